The normalized spacial score (nSPS) is 15.3. The van der Waals surface area contributed by atoms with E-state index < -0.39 is 0 Å². The van der Waals surface area contributed by atoms with Crippen molar-refractivity contribution in [2.75, 3.05) is 24.2 Å². The average molecular weight is 202 g/mol. The molecule has 78 valence electrons. The van der Waals surface area contributed by atoms with E-state index in [1.807, 2.05) is 7.05 Å². The van der Waals surface area contributed by atoms with Gasteiger partial charge >= 0.3 is 0 Å². The molecule has 1 aromatic rings. The monoisotopic (exact) mass is 202 g/mol. The van der Waals surface area contributed by atoms with Crippen LogP contribution in [0.2, 0.25) is 0 Å². The molecular weight excluding hydrogens is 188 g/mol. The highest BCUT2D eigenvalue weighted by Crippen LogP contribution is 2.30. The lowest BCUT2D eigenvalue weighted by Gasteiger charge is -2.20. The second-order valence-electron chi connectivity index (χ2n) is 3.88. The maximum absolute atomic E-state index is 9.09. The highest BCUT2D eigenvalue weighted by Gasteiger charge is 2.18. The standard InChI is InChI=1S/C11H14N4/c1-15-5-3-2-4-8-7-14-11(13)9(6-12)10(8)15/h7H,2-5H2,1H3,(H2,13,14). The van der Waals surface area contributed by atoms with Crippen molar-refractivity contribution in [3.05, 3.63) is 17.3 Å². The number of fused-ring (bicyclic) bond motifs is 1. The minimum absolute atomic E-state index is 0.338. The molecule has 0 spiro atoms. The first-order valence-corrected chi connectivity index (χ1v) is 5.12. The van der Waals surface area contributed by atoms with Gasteiger partial charge in [-0.2, -0.15) is 5.26 Å². The van der Waals surface area contributed by atoms with Crippen molar-refractivity contribution in [2.24, 2.45) is 0 Å². The van der Waals surface area contributed by atoms with Crippen molar-refractivity contribution in [2.45, 2.75) is 19.3 Å². The zero-order chi connectivity index (χ0) is 10.8. The van der Waals surface area contributed by atoms with Crippen molar-refractivity contribution in [3.63, 3.8) is 0 Å². The van der Waals surface area contributed by atoms with Gasteiger partial charge in [-0.05, 0) is 24.8 Å². The second kappa shape index (κ2) is 3.77. The van der Waals surface area contributed by atoms with Crippen LogP contribution >= 0.6 is 0 Å². The lowest BCUT2D eigenvalue weighted by atomic mass is 10.1. The lowest BCUT2D eigenvalue weighted by molar-refractivity contribution is 0.749. The molecule has 1 aliphatic rings. The third-order valence-corrected chi connectivity index (χ3v) is 2.84. The van der Waals surface area contributed by atoms with Gasteiger partial charge in [0.15, 0.2) is 0 Å². The van der Waals surface area contributed by atoms with Gasteiger partial charge in [0.2, 0.25) is 0 Å². The molecule has 0 bridgehead atoms. The Balaban J connectivity index is 2.62. The minimum Gasteiger partial charge on any atom is -0.383 e. The number of rotatable bonds is 0. The summed E-state index contributed by atoms with van der Waals surface area (Å²) >= 11 is 0. The van der Waals surface area contributed by atoms with E-state index >= 15 is 0 Å². The summed E-state index contributed by atoms with van der Waals surface area (Å²) in [6, 6.07) is 2.15. The van der Waals surface area contributed by atoms with Crippen LogP contribution in [0, 0.1) is 11.3 Å². The minimum atomic E-state index is 0.338. The van der Waals surface area contributed by atoms with Crippen molar-refractivity contribution in [3.8, 4) is 6.07 Å². The van der Waals surface area contributed by atoms with E-state index in [0.717, 1.165) is 37.1 Å². The first kappa shape index (κ1) is 9.78. The number of nitrogens with zero attached hydrogens (tertiary/aromatic N) is 3. The highest BCUT2D eigenvalue weighted by atomic mass is 15.1. The Morgan fingerprint density at radius 1 is 1.53 bits per heavy atom. The van der Waals surface area contributed by atoms with Gasteiger partial charge in [0.25, 0.3) is 0 Å². The molecule has 15 heavy (non-hydrogen) atoms. The Morgan fingerprint density at radius 3 is 3.07 bits per heavy atom. The number of pyridine rings is 1. The first-order valence-electron chi connectivity index (χ1n) is 5.12. The molecule has 0 amide bonds. The summed E-state index contributed by atoms with van der Waals surface area (Å²) in [6.07, 6.45) is 5.08. The maximum Gasteiger partial charge on any atom is 0.143 e. The first-order chi connectivity index (χ1) is 7.24. The van der Waals surface area contributed by atoms with E-state index in [9.17, 15) is 0 Å². The van der Waals surface area contributed by atoms with Gasteiger partial charge in [-0.25, -0.2) is 4.98 Å². The Labute approximate surface area is 89.3 Å². The smallest absolute Gasteiger partial charge is 0.143 e. The predicted molar refractivity (Wildman–Crippen MR) is 59.6 cm³/mol. The number of nitriles is 1. The molecule has 0 aliphatic carbocycles. The molecule has 0 saturated carbocycles. The van der Waals surface area contributed by atoms with E-state index in [-0.39, 0.29) is 0 Å². The van der Waals surface area contributed by atoms with E-state index in [1.54, 1.807) is 6.20 Å². The SMILES string of the molecule is CN1CCCCc2cnc(N)c(C#N)c21. The van der Waals surface area contributed by atoms with Crippen LogP contribution in [-0.4, -0.2) is 18.6 Å². The summed E-state index contributed by atoms with van der Waals surface area (Å²) < 4.78 is 0. The molecule has 0 radical (unpaired) electrons. The van der Waals surface area contributed by atoms with Gasteiger partial charge in [0.1, 0.15) is 17.5 Å². The molecule has 0 saturated heterocycles. The third kappa shape index (κ3) is 1.61. The fourth-order valence-corrected chi connectivity index (χ4v) is 2.06. The van der Waals surface area contributed by atoms with Crippen LogP contribution < -0.4 is 10.6 Å². The fourth-order valence-electron chi connectivity index (χ4n) is 2.06. The Hall–Kier alpha value is -1.76. The van der Waals surface area contributed by atoms with Crippen LogP contribution in [0.1, 0.15) is 24.0 Å². The molecule has 2 heterocycles. The van der Waals surface area contributed by atoms with Gasteiger partial charge in [-0.15, -0.1) is 0 Å². The topological polar surface area (TPSA) is 65.9 Å². The zero-order valence-corrected chi connectivity index (χ0v) is 8.82. The molecule has 0 unspecified atom stereocenters. The van der Waals surface area contributed by atoms with Crippen LogP contribution in [0.4, 0.5) is 11.5 Å². The van der Waals surface area contributed by atoms with E-state index in [4.69, 9.17) is 11.0 Å². The van der Waals surface area contributed by atoms with Gasteiger partial charge < -0.3 is 10.6 Å². The summed E-state index contributed by atoms with van der Waals surface area (Å²) in [5.41, 5.74) is 8.35. The van der Waals surface area contributed by atoms with Crippen LogP contribution in [0.25, 0.3) is 0 Å². The number of aromatic nitrogens is 1. The predicted octanol–water partition coefficient (Wildman–Crippen LogP) is 1.31. The maximum atomic E-state index is 9.09. The Morgan fingerprint density at radius 2 is 2.33 bits per heavy atom. The van der Waals surface area contributed by atoms with Crippen LogP contribution in [0.15, 0.2) is 6.20 Å². The number of hydrogen-bond donors (Lipinski definition) is 1. The molecule has 0 atom stereocenters. The molecular formula is C11H14N4. The average Bonchev–Trinajstić information content (AvgIpc) is 2.41. The largest absolute Gasteiger partial charge is 0.383 e. The van der Waals surface area contributed by atoms with Gasteiger partial charge in [0.05, 0.1) is 5.69 Å². The summed E-state index contributed by atoms with van der Waals surface area (Å²) in [4.78, 5) is 6.18. The van der Waals surface area contributed by atoms with Gasteiger partial charge in [-0.1, -0.05) is 0 Å². The molecule has 0 aromatic carbocycles. The van der Waals surface area contributed by atoms with E-state index in [0.29, 0.717) is 11.4 Å². The van der Waals surface area contributed by atoms with Crippen LogP contribution in [0.5, 0.6) is 0 Å². The molecule has 4 heteroatoms. The summed E-state index contributed by atoms with van der Waals surface area (Å²) in [6.45, 7) is 0.977. The van der Waals surface area contributed by atoms with Crippen LogP contribution in [0.3, 0.4) is 0 Å². The third-order valence-electron chi connectivity index (χ3n) is 2.84. The summed E-state index contributed by atoms with van der Waals surface area (Å²) in [7, 11) is 2.00. The van der Waals surface area contributed by atoms with Gasteiger partial charge in [0, 0.05) is 19.8 Å². The molecule has 2 N–H and O–H groups in total. The van der Waals surface area contributed by atoms with E-state index in [1.165, 1.54) is 0 Å². The second-order valence-corrected chi connectivity index (χ2v) is 3.88. The van der Waals surface area contributed by atoms with Gasteiger partial charge in [-0.3, -0.25) is 0 Å². The Bertz CT molecular complexity index is 419. The fraction of sp³-hybridized carbons (Fsp3) is 0.455. The van der Waals surface area contributed by atoms with Crippen molar-refractivity contribution in [1.82, 2.24) is 4.98 Å². The van der Waals surface area contributed by atoms with Crippen molar-refractivity contribution < 1.29 is 0 Å². The highest BCUT2D eigenvalue weighted by molar-refractivity contribution is 5.71. The molecule has 1 aromatic heterocycles. The molecule has 1 aliphatic heterocycles. The number of nitrogen functional groups attached to an aromatic ring is 1. The number of aryl methyl sites for hydroxylation is 1. The zero-order valence-electron chi connectivity index (χ0n) is 8.82. The van der Waals surface area contributed by atoms with Crippen LogP contribution in [-0.2, 0) is 6.42 Å². The van der Waals surface area contributed by atoms with Crippen molar-refractivity contribution in [1.29, 1.82) is 5.26 Å². The van der Waals surface area contributed by atoms with Crippen molar-refractivity contribution >= 4 is 11.5 Å². The number of nitrogens with two attached hydrogens (primary N) is 1. The lowest BCUT2D eigenvalue weighted by Crippen LogP contribution is -2.20. The number of hydrogen-bond acceptors (Lipinski definition) is 4. The summed E-state index contributed by atoms with van der Waals surface area (Å²) in [5, 5.41) is 9.09. The summed E-state index contributed by atoms with van der Waals surface area (Å²) in [5.74, 6) is 0.338. The van der Waals surface area contributed by atoms with E-state index in [2.05, 4.69) is 16.0 Å². The molecule has 0 fully saturated rings. The molecule has 4 nitrogen and oxygen atoms in total. The Kier molecular flexibility index (Phi) is 2.46. The number of anilines is 2. The molecule has 2 rings (SSSR count). The quantitative estimate of drug-likeness (QED) is 0.688.